The number of rotatable bonds is 4. The lowest BCUT2D eigenvalue weighted by atomic mass is 10.2. The normalized spacial score (nSPS) is 20.1. The second-order valence-electron chi connectivity index (χ2n) is 4.73. The summed E-state index contributed by atoms with van der Waals surface area (Å²) in [7, 11) is 2.16. The van der Waals surface area contributed by atoms with Crippen molar-refractivity contribution in [1.82, 2.24) is 10.2 Å². The van der Waals surface area contributed by atoms with Crippen molar-refractivity contribution in [3.8, 4) is 0 Å². The van der Waals surface area contributed by atoms with Crippen molar-refractivity contribution in [2.45, 2.75) is 25.4 Å². The fourth-order valence-electron chi connectivity index (χ4n) is 2.31. The van der Waals surface area contributed by atoms with Gasteiger partial charge in [0, 0.05) is 28.6 Å². The van der Waals surface area contributed by atoms with Crippen LogP contribution in [0.1, 0.15) is 18.4 Å². The van der Waals surface area contributed by atoms with E-state index in [0.717, 1.165) is 22.6 Å². The van der Waals surface area contributed by atoms with Crippen molar-refractivity contribution in [3.63, 3.8) is 0 Å². The molecule has 17 heavy (non-hydrogen) atoms. The average molecular weight is 318 g/mol. The Kier molecular flexibility index (Phi) is 4.86. The summed E-state index contributed by atoms with van der Waals surface area (Å²) in [6.07, 6.45) is 2.60. The first-order valence-electron chi connectivity index (χ1n) is 6.01. The van der Waals surface area contributed by atoms with Gasteiger partial charge < -0.3 is 10.2 Å². The third-order valence-electron chi connectivity index (χ3n) is 3.14. The van der Waals surface area contributed by atoms with E-state index in [9.17, 15) is 0 Å². The van der Waals surface area contributed by atoms with Crippen LogP contribution in [0.3, 0.4) is 0 Å². The number of nitrogens with zero attached hydrogens (tertiary/aromatic N) is 1. The Bertz CT molecular complexity index is 378. The van der Waals surface area contributed by atoms with Gasteiger partial charge in [-0.1, -0.05) is 27.5 Å². The highest BCUT2D eigenvalue weighted by Gasteiger charge is 2.16. The lowest BCUT2D eigenvalue weighted by Crippen LogP contribution is -2.35. The fourth-order valence-corrected chi connectivity index (χ4v) is 2.88. The SMILES string of the molecule is CN(Cc1cc(Cl)ccc1Br)CC1CCCN1. The third-order valence-corrected chi connectivity index (χ3v) is 4.15. The molecule has 4 heteroatoms. The van der Waals surface area contributed by atoms with Crippen LogP contribution < -0.4 is 5.32 Å². The van der Waals surface area contributed by atoms with Gasteiger partial charge in [-0.15, -0.1) is 0 Å². The molecule has 1 fully saturated rings. The first-order chi connectivity index (χ1) is 8.15. The molecule has 1 unspecified atom stereocenters. The molecule has 0 bridgehead atoms. The molecule has 0 spiro atoms. The topological polar surface area (TPSA) is 15.3 Å². The monoisotopic (exact) mass is 316 g/mol. The number of hydrogen-bond acceptors (Lipinski definition) is 2. The van der Waals surface area contributed by atoms with E-state index in [-0.39, 0.29) is 0 Å². The predicted octanol–water partition coefficient (Wildman–Crippen LogP) is 3.29. The molecule has 0 aromatic heterocycles. The van der Waals surface area contributed by atoms with Crippen LogP contribution in [-0.4, -0.2) is 31.1 Å². The van der Waals surface area contributed by atoms with Crippen LogP contribution in [0, 0.1) is 0 Å². The van der Waals surface area contributed by atoms with E-state index < -0.39 is 0 Å². The molecule has 1 aromatic carbocycles. The molecular weight excluding hydrogens is 300 g/mol. The molecule has 0 aliphatic carbocycles. The first-order valence-corrected chi connectivity index (χ1v) is 7.18. The zero-order valence-electron chi connectivity index (χ0n) is 10.0. The second-order valence-corrected chi connectivity index (χ2v) is 6.02. The van der Waals surface area contributed by atoms with Gasteiger partial charge in [0.05, 0.1) is 0 Å². The summed E-state index contributed by atoms with van der Waals surface area (Å²) in [5.41, 5.74) is 1.25. The van der Waals surface area contributed by atoms with Gasteiger partial charge in [-0.2, -0.15) is 0 Å². The minimum atomic E-state index is 0.651. The molecule has 94 valence electrons. The maximum absolute atomic E-state index is 6.02. The molecule has 1 atom stereocenters. The van der Waals surface area contributed by atoms with Gasteiger partial charge in [0.15, 0.2) is 0 Å². The fraction of sp³-hybridized carbons (Fsp3) is 0.538. The zero-order chi connectivity index (χ0) is 12.3. The van der Waals surface area contributed by atoms with Crippen LogP contribution >= 0.6 is 27.5 Å². The highest BCUT2D eigenvalue weighted by molar-refractivity contribution is 9.10. The largest absolute Gasteiger partial charge is 0.313 e. The van der Waals surface area contributed by atoms with Crippen molar-refractivity contribution in [1.29, 1.82) is 0 Å². The maximum atomic E-state index is 6.02. The molecule has 2 nitrogen and oxygen atoms in total. The molecule has 1 aliphatic rings. The van der Waals surface area contributed by atoms with Gasteiger partial charge in [-0.3, -0.25) is 0 Å². The Morgan fingerprint density at radius 3 is 3.06 bits per heavy atom. The summed E-state index contributed by atoms with van der Waals surface area (Å²) in [5, 5.41) is 4.32. The van der Waals surface area contributed by atoms with Crippen molar-refractivity contribution in [3.05, 3.63) is 33.3 Å². The molecule has 1 heterocycles. The molecule has 0 saturated carbocycles. The number of nitrogens with one attached hydrogen (secondary N) is 1. The molecular formula is C13H18BrClN2. The van der Waals surface area contributed by atoms with E-state index in [1.807, 2.05) is 18.2 Å². The second kappa shape index (κ2) is 6.19. The van der Waals surface area contributed by atoms with E-state index in [0.29, 0.717) is 6.04 Å². The van der Waals surface area contributed by atoms with Crippen LogP contribution in [0.5, 0.6) is 0 Å². The van der Waals surface area contributed by atoms with E-state index in [1.54, 1.807) is 0 Å². The molecule has 1 N–H and O–H groups in total. The molecule has 1 aliphatic heterocycles. The number of benzene rings is 1. The van der Waals surface area contributed by atoms with Gasteiger partial charge >= 0.3 is 0 Å². The van der Waals surface area contributed by atoms with Gasteiger partial charge in [-0.25, -0.2) is 0 Å². The maximum Gasteiger partial charge on any atom is 0.0410 e. The van der Waals surface area contributed by atoms with Crippen LogP contribution in [-0.2, 0) is 6.54 Å². The molecule has 0 radical (unpaired) electrons. The Morgan fingerprint density at radius 2 is 2.35 bits per heavy atom. The highest BCUT2D eigenvalue weighted by Crippen LogP contribution is 2.22. The van der Waals surface area contributed by atoms with Crippen molar-refractivity contribution in [2.75, 3.05) is 20.1 Å². The summed E-state index contributed by atoms with van der Waals surface area (Å²) in [6, 6.07) is 6.61. The Hall–Kier alpha value is -0.0900. The number of hydrogen-bond donors (Lipinski definition) is 1. The molecule has 0 amide bonds. The summed E-state index contributed by atoms with van der Waals surface area (Å²) >= 11 is 9.59. The lowest BCUT2D eigenvalue weighted by molar-refractivity contribution is 0.293. The Morgan fingerprint density at radius 1 is 1.53 bits per heavy atom. The average Bonchev–Trinajstić information content (AvgIpc) is 2.76. The van der Waals surface area contributed by atoms with Gasteiger partial charge in [0.2, 0.25) is 0 Å². The van der Waals surface area contributed by atoms with Crippen molar-refractivity contribution in [2.24, 2.45) is 0 Å². The van der Waals surface area contributed by atoms with Crippen molar-refractivity contribution >= 4 is 27.5 Å². The minimum Gasteiger partial charge on any atom is -0.313 e. The Balaban J connectivity index is 1.92. The first kappa shape index (κ1) is 13.3. The quantitative estimate of drug-likeness (QED) is 0.917. The predicted molar refractivity (Wildman–Crippen MR) is 76.5 cm³/mol. The summed E-state index contributed by atoms with van der Waals surface area (Å²) in [5.74, 6) is 0. The lowest BCUT2D eigenvalue weighted by Gasteiger charge is -2.21. The summed E-state index contributed by atoms with van der Waals surface area (Å²) in [4.78, 5) is 2.35. The van der Waals surface area contributed by atoms with Crippen LogP contribution in [0.2, 0.25) is 5.02 Å². The van der Waals surface area contributed by atoms with Crippen LogP contribution in [0.25, 0.3) is 0 Å². The molecule has 1 saturated heterocycles. The Labute approximate surface area is 116 Å². The van der Waals surface area contributed by atoms with Crippen LogP contribution in [0.4, 0.5) is 0 Å². The zero-order valence-corrected chi connectivity index (χ0v) is 12.4. The number of likely N-dealkylation sites (N-methyl/N-ethyl adjacent to an activating group) is 1. The highest BCUT2D eigenvalue weighted by atomic mass is 79.9. The summed E-state index contributed by atoms with van der Waals surface area (Å²) < 4.78 is 1.13. The van der Waals surface area contributed by atoms with E-state index in [1.165, 1.54) is 24.9 Å². The minimum absolute atomic E-state index is 0.651. The molecule has 2 rings (SSSR count). The molecule has 1 aromatic rings. The van der Waals surface area contributed by atoms with Gasteiger partial charge in [0.25, 0.3) is 0 Å². The van der Waals surface area contributed by atoms with Crippen molar-refractivity contribution < 1.29 is 0 Å². The summed E-state index contributed by atoms with van der Waals surface area (Å²) in [6.45, 7) is 3.19. The van der Waals surface area contributed by atoms with E-state index >= 15 is 0 Å². The smallest absolute Gasteiger partial charge is 0.0410 e. The standard InChI is InChI=1S/C13H18BrClN2/c1-17(9-12-3-2-6-16-12)8-10-7-11(15)4-5-13(10)14/h4-5,7,12,16H,2-3,6,8-9H2,1H3. The van der Waals surface area contributed by atoms with Crippen LogP contribution in [0.15, 0.2) is 22.7 Å². The van der Waals surface area contributed by atoms with Gasteiger partial charge in [-0.05, 0) is 50.2 Å². The van der Waals surface area contributed by atoms with E-state index in [4.69, 9.17) is 11.6 Å². The van der Waals surface area contributed by atoms with Gasteiger partial charge in [0.1, 0.15) is 0 Å². The van der Waals surface area contributed by atoms with E-state index in [2.05, 4.69) is 33.2 Å². The number of halogens is 2. The third kappa shape index (κ3) is 3.95.